The number of rotatable bonds is 4. The van der Waals surface area contributed by atoms with Crippen molar-refractivity contribution in [3.05, 3.63) is 21.9 Å². The summed E-state index contributed by atoms with van der Waals surface area (Å²) in [7, 11) is 1.69. The van der Waals surface area contributed by atoms with E-state index in [2.05, 4.69) is 17.2 Å². The smallest absolute Gasteiger partial charge is 0.252 e. The van der Waals surface area contributed by atoms with Crippen LogP contribution in [-0.2, 0) is 4.74 Å². The molecule has 0 saturated heterocycles. The highest BCUT2D eigenvalue weighted by Crippen LogP contribution is 2.23. The number of nitrogens with one attached hydrogen (secondary N) is 1. The molecule has 1 saturated carbocycles. The minimum Gasteiger partial charge on any atom is -0.395 e. The third-order valence-electron chi connectivity index (χ3n) is 3.07. The van der Waals surface area contributed by atoms with E-state index in [9.17, 15) is 4.79 Å². The minimum atomic E-state index is -0.0500. The molecule has 0 bridgehead atoms. The van der Waals surface area contributed by atoms with Crippen molar-refractivity contribution in [1.29, 1.82) is 0 Å². The number of ether oxygens (including phenoxy) is 1. The Morgan fingerprint density at radius 3 is 3.11 bits per heavy atom. The van der Waals surface area contributed by atoms with Gasteiger partial charge in [-0.05, 0) is 18.9 Å². The fourth-order valence-corrected chi connectivity index (χ4v) is 2.63. The van der Waals surface area contributed by atoms with Gasteiger partial charge in [-0.3, -0.25) is 4.79 Å². The van der Waals surface area contributed by atoms with Gasteiger partial charge in [0.1, 0.15) is 0 Å². The Kier molecular flexibility index (Phi) is 4.97. The molecule has 2 rings (SSSR count). The van der Waals surface area contributed by atoms with E-state index in [1.807, 2.05) is 5.38 Å². The fraction of sp³-hybridized carbons (Fsp3) is 0.500. The fourth-order valence-electron chi connectivity index (χ4n) is 1.87. The summed E-state index contributed by atoms with van der Waals surface area (Å²) in [5.41, 5.74) is 0.652. The lowest BCUT2D eigenvalue weighted by Gasteiger charge is -2.34. The van der Waals surface area contributed by atoms with Crippen LogP contribution in [-0.4, -0.2) is 36.9 Å². The highest BCUT2D eigenvalue weighted by Gasteiger charge is 2.30. The summed E-state index contributed by atoms with van der Waals surface area (Å²) >= 11 is 1.45. The molecule has 1 aromatic heterocycles. The Hall–Kier alpha value is -1.35. The lowest BCUT2D eigenvalue weighted by atomic mass is 9.89. The van der Waals surface area contributed by atoms with Crippen LogP contribution in [0.25, 0.3) is 0 Å². The molecule has 1 heterocycles. The highest BCUT2D eigenvalue weighted by atomic mass is 32.1. The Morgan fingerprint density at radius 1 is 1.63 bits per heavy atom. The first kappa shape index (κ1) is 14.1. The van der Waals surface area contributed by atoms with Gasteiger partial charge in [0.2, 0.25) is 0 Å². The zero-order chi connectivity index (χ0) is 13.7. The molecule has 1 fully saturated rings. The number of carbonyl (C=O) groups excluding carboxylic acids is 1. The SMILES string of the molecule is COC1CC(NC(=O)c2csc(C#CCCO)c2)C1. The van der Waals surface area contributed by atoms with Crippen molar-refractivity contribution in [2.75, 3.05) is 13.7 Å². The van der Waals surface area contributed by atoms with Gasteiger partial charge >= 0.3 is 0 Å². The van der Waals surface area contributed by atoms with Gasteiger partial charge in [0, 0.05) is 25.0 Å². The first-order chi connectivity index (χ1) is 9.22. The normalized spacial score (nSPS) is 21.2. The van der Waals surface area contributed by atoms with E-state index in [4.69, 9.17) is 9.84 Å². The van der Waals surface area contributed by atoms with E-state index in [0.29, 0.717) is 12.0 Å². The van der Waals surface area contributed by atoms with E-state index in [0.717, 1.165) is 17.7 Å². The van der Waals surface area contributed by atoms with Crippen molar-refractivity contribution < 1.29 is 14.6 Å². The van der Waals surface area contributed by atoms with Crippen LogP contribution in [0.4, 0.5) is 0 Å². The van der Waals surface area contributed by atoms with Gasteiger partial charge < -0.3 is 15.2 Å². The Bertz CT molecular complexity index is 494. The van der Waals surface area contributed by atoms with Crippen molar-refractivity contribution in [2.45, 2.75) is 31.4 Å². The number of carbonyl (C=O) groups is 1. The number of hydrogen-bond acceptors (Lipinski definition) is 4. The average molecular weight is 279 g/mol. The van der Waals surface area contributed by atoms with Gasteiger partial charge in [-0.1, -0.05) is 11.8 Å². The maximum absolute atomic E-state index is 12.0. The largest absolute Gasteiger partial charge is 0.395 e. The number of hydrogen-bond donors (Lipinski definition) is 2. The highest BCUT2D eigenvalue weighted by molar-refractivity contribution is 7.10. The standard InChI is InChI=1S/C14H17NO3S/c1-18-12-7-11(8-12)15-14(17)10-6-13(19-9-10)4-2-3-5-16/h6,9,11-12,16H,3,5,7-8H2,1H3,(H,15,17). The molecule has 102 valence electrons. The third kappa shape index (κ3) is 3.80. The number of thiophene rings is 1. The summed E-state index contributed by atoms with van der Waals surface area (Å²) in [5.74, 6) is 5.72. The number of methoxy groups -OCH3 is 1. The summed E-state index contributed by atoms with van der Waals surface area (Å²) in [4.78, 5) is 12.8. The van der Waals surface area contributed by atoms with Crippen LogP contribution in [0.2, 0.25) is 0 Å². The summed E-state index contributed by atoms with van der Waals surface area (Å²) in [5, 5.41) is 13.4. The first-order valence-corrected chi connectivity index (χ1v) is 7.13. The summed E-state index contributed by atoms with van der Waals surface area (Å²) in [6, 6.07) is 2.01. The van der Waals surface area contributed by atoms with Gasteiger partial charge in [-0.15, -0.1) is 11.3 Å². The van der Waals surface area contributed by atoms with E-state index >= 15 is 0 Å². The lowest BCUT2D eigenvalue weighted by Crippen LogP contribution is -2.47. The van der Waals surface area contributed by atoms with Gasteiger partial charge in [0.25, 0.3) is 5.91 Å². The molecule has 0 radical (unpaired) electrons. The average Bonchev–Trinajstić information content (AvgIpc) is 2.82. The molecular formula is C14H17NO3S. The molecule has 1 aliphatic rings. The van der Waals surface area contributed by atoms with Crippen LogP contribution in [0, 0.1) is 11.8 Å². The van der Waals surface area contributed by atoms with Crippen molar-refractivity contribution in [1.82, 2.24) is 5.32 Å². The van der Waals surface area contributed by atoms with E-state index in [1.54, 1.807) is 13.2 Å². The van der Waals surface area contributed by atoms with E-state index < -0.39 is 0 Å². The van der Waals surface area contributed by atoms with Crippen molar-refractivity contribution in [2.24, 2.45) is 0 Å². The number of aliphatic hydroxyl groups excluding tert-OH is 1. The molecular weight excluding hydrogens is 262 g/mol. The van der Waals surface area contributed by atoms with Crippen LogP contribution in [0.3, 0.4) is 0 Å². The lowest BCUT2D eigenvalue weighted by molar-refractivity contribution is 0.0176. The first-order valence-electron chi connectivity index (χ1n) is 6.25. The van der Waals surface area contributed by atoms with Gasteiger partial charge in [-0.25, -0.2) is 0 Å². The quantitative estimate of drug-likeness (QED) is 0.819. The summed E-state index contributed by atoms with van der Waals surface area (Å²) in [6.45, 7) is 0.0636. The topological polar surface area (TPSA) is 58.6 Å². The second-order valence-corrected chi connectivity index (χ2v) is 5.39. The second kappa shape index (κ2) is 6.71. The monoisotopic (exact) mass is 279 g/mol. The van der Waals surface area contributed by atoms with Crippen molar-refractivity contribution in [3.8, 4) is 11.8 Å². The third-order valence-corrected chi connectivity index (χ3v) is 3.92. The maximum Gasteiger partial charge on any atom is 0.252 e. The molecule has 0 aromatic carbocycles. The predicted octanol–water partition coefficient (Wildman–Crippen LogP) is 1.39. The van der Waals surface area contributed by atoms with Crippen LogP contribution in [0.5, 0.6) is 0 Å². The van der Waals surface area contributed by atoms with Crippen LogP contribution in [0.1, 0.15) is 34.5 Å². The number of aliphatic hydroxyl groups is 1. The van der Waals surface area contributed by atoms with Crippen LogP contribution < -0.4 is 5.32 Å². The van der Waals surface area contributed by atoms with E-state index in [-0.39, 0.29) is 24.7 Å². The molecule has 4 nitrogen and oxygen atoms in total. The van der Waals surface area contributed by atoms with Gasteiger partial charge in [0.15, 0.2) is 0 Å². The van der Waals surface area contributed by atoms with E-state index in [1.165, 1.54) is 11.3 Å². The molecule has 0 aliphatic heterocycles. The Labute approximate surface area is 116 Å². The Balaban J connectivity index is 1.85. The molecule has 1 aliphatic carbocycles. The molecule has 1 aromatic rings. The molecule has 0 spiro atoms. The molecule has 19 heavy (non-hydrogen) atoms. The molecule has 1 amide bonds. The molecule has 0 unspecified atom stereocenters. The zero-order valence-electron chi connectivity index (χ0n) is 10.8. The van der Waals surface area contributed by atoms with Crippen LogP contribution >= 0.6 is 11.3 Å². The minimum absolute atomic E-state index is 0.0500. The van der Waals surface area contributed by atoms with Crippen molar-refractivity contribution in [3.63, 3.8) is 0 Å². The van der Waals surface area contributed by atoms with Gasteiger partial charge in [0.05, 0.1) is 23.2 Å². The van der Waals surface area contributed by atoms with Crippen molar-refractivity contribution >= 4 is 17.2 Å². The van der Waals surface area contributed by atoms with Crippen LogP contribution in [0.15, 0.2) is 11.4 Å². The number of amides is 1. The maximum atomic E-state index is 12.0. The molecule has 0 atom stereocenters. The predicted molar refractivity (Wildman–Crippen MR) is 74.2 cm³/mol. The molecule has 2 N–H and O–H groups in total. The molecule has 5 heteroatoms. The summed E-state index contributed by atoms with van der Waals surface area (Å²) < 4.78 is 5.17. The zero-order valence-corrected chi connectivity index (χ0v) is 11.6. The van der Waals surface area contributed by atoms with Gasteiger partial charge in [-0.2, -0.15) is 0 Å². The Morgan fingerprint density at radius 2 is 2.42 bits per heavy atom. The second-order valence-electron chi connectivity index (χ2n) is 4.47. The summed E-state index contributed by atoms with van der Waals surface area (Å²) in [6.07, 6.45) is 2.51.